The van der Waals surface area contributed by atoms with Gasteiger partial charge < -0.3 is 5.32 Å². The molecule has 0 aliphatic heterocycles. The first-order valence-corrected chi connectivity index (χ1v) is 4.77. The first-order valence-electron chi connectivity index (χ1n) is 4.14. The van der Waals surface area contributed by atoms with Crippen LogP contribution < -0.4 is 5.32 Å². The SMILES string of the molecule is CC1CC1NC(=O)CCCS. The second-order valence-corrected chi connectivity index (χ2v) is 3.66. The fourth-order valence-corrected chi connectivity index (χ4v) is 1.20. The number of hydrogen-bond donors (Lipinski definition) is 2. The molecule has 1 rings (SSSR count). The Labute approximate surface area is 73.2 Å². The highest BCUT2D eigenvalue weighted by Crippen LogP contribution is 2.28. The summed E-state index contributed by atoms with van der Waals surface area (Å²) in [6.45, 7) is 2.16. The van der Waals surface area contributed by atoms with E-state index in [2.05, 4.69) is 24.9 Å². The molecule has 0 saturated heterocycles. The van der Waals surface area contributed by atoms with Gasteiger partial charge in [-0.05, 0) is 24.5 Å². The normalized spacial score (nSPS) is 28.2. The molecule has 0 spiro atoms. The van der Waals surface area contributed by atoms with Gasteiger partial charge in [-0.2, -0.15) is 12.6 Å². The molecule has 1 N–H and O–H groups in total. The standard InChI is InChI=1S/C8H15NOS/c1-6-5-7(6)9-8(10)3-2-4-11/h6-7,11H,2-5H2,1H3,(H,9,10). The van der Waals surface area contributed by atoms with Crippen molar-refractivity contribution in [3.8, 4) is 0 Å². The number of carbonyl (C=O) groups is 1. The lowest BCUT2D eigenvalue weighted by molar-refractivity contribution is -0.121. The summed E-state index contributed by atoms with van der Waals surface area (Å²) in [6.07, 6.45) is 2.68. The summed E-state index contributed by atoms with van der Waals surface area (Å²) in [6, 6.07) is 0.474. The monoisotopic (exact) mass is 173 g/mol. The molecule has 0 aromatic heterocycles. The maximum atomic E-state index is 11.1. The molecule has 0 aromatic carbocycles. The van der Waals surface area contributed by atoms with Crippen LogP contribution in [-0.4, -0.2) is 17.7 Å². The Hall–Kier alpha value is -0.180. The van der Waals surface area contributed by atoms with Gasteiger partial charge in [-0.3, -0.25) is 4.79 Å². The maximum absolute atomic E-state index is 11.1. The third-order valence-electron chi connectivity index (χ3n) is 2.02. The molecule has 0 heterocycles. The number of nitrogens with one attached hydrogen (secondary N) is 1. The largest absolute Gasteiger partial charge is 0.353 e. The summed E-state index contributed by atoms with van der Waals surface area (Å²) >= 11 is 4.04. The minimum absolute atomic E-state index is 0.188. The highest BCUT2D eigenvalue weighted by molar-refractivity contribution is 7.80. The summed E-state index contributed by atoms with van der Waals surface area (Å²) < 4.78 is 0. The van der Waals surface area contributed by atoms with Crippen LogP contribution in [0.15, 0.2) is 0 Å². The average molecular weight is 173 g/mol. The zero-order valence-corrected chi connectivity index (χ0v) is 7.73. The summed E-state index contributed by atoms with van der Waals surface area (Å²) in [5.74, 6) is 1.69. The Kier molecular flexibility index (Phi) is 3.24. The number of thiol groups is 1. The van der Waals surface area contributed by atoms with Crippen LogP contribution in [0.25, 0.3) is 0 Å². The van der Waals surface area contributed by atoms with Gasteiger partial charge in [-0.25, -0.2) is 0 Å². The molecule has 0 radical (unpaired) electrons. The predicted octanol–water partition coefficient (Wildman–Crippen LogP) is 1.22. The van der Waals surface area contributed by atoms with E-state index in [1.54, 1.807) is 0 Å². The van der Waals surface area contributed by atoms with Gasteiger partial charge in [0.25, 0.3) is 0 Å². The maximum Gasteiger partial charge on any atom is 0.220 e. The summed E-state index contributed by atoms with van der Waals surface area (Å²) in [7, 11) is 0. The van der Waals surface area contributed by atoms with E-state index in [1.165, 1.54) is 0 Å². The van der Waals surface area contributed by atoms with E-state index in [0.29, 0.717) is 18.4 Å². The Morgan fingerprint density at radius 3 is 2.82 bits per heavy atom. The van der Waals surface area contributed by atoms with Crippen molar-refractivity contribution in [2.45, 2.75) is 32.2 Å². The van der Waals surface area contributed by atoms with Crippen LogP contribution in [0, 0.1) is 5.92 Å². The summed E-state index contributed by atoms with van der Waals surface area (Å²) in [5.41, 5.74) is 0. The molecular weight excluding hydrogens is 158 g/mol. The minimum atomic E-state index is 0.188. The van der Waals surface area contributed by atoms with Gasteiger partial charge in [-0.15, -0.1) is 0 Å². The first kappa shape index (κ1) is 8.91. The second kappa shape index (κ2) is 4.00. The molecule has 1 aliphatic rings. The van der Waals surface area contributed by atoms with Crippen molar-refractivity contribution in [1.82, 2.24) is 5.32 Å². The van der Waals surface area contributed by atoms with Gasteiger partial charge in [0.2, 0.25) is 5.91 Å². The molecular formula is C8H15NOS. The fourth-order valence-electron chi connectivity index (χ4n) is 1.04. The van der Waals surface area contributed by atoms with Crippen LogP contribution in [0.2, 0.25) is 0 Å². The minimum Gasteiger partial charge on any atom is -0.353 e. The number of amides is 1. The quantitative estimate of drug-likeness (QED) is 0.615. The molecule has 2 atom stereocenters. The summed E-state index contributed by atoms with van der Waals surface area (Å²) in [4.78, 5) is 11.1. The number of carbonyl (C=O) groups excluding carboxylic acids is 1. The Morgan fingerprint density at radius 1 is 1.73 bits per heavy atom. The molecule has 11 heavy (non-hydrogen) atoms. The number of hydrogen-bond acceptors (Lipinski definition) is 2. The van der Waals surface area contributed by atoms with Crippen LogP contribution in [0.5, 0.6) is 0 Å². The molecule has 1 fully saturated rings. The molecule has 1 saturated carbocycles. The lowest BCUT2D eigenvalue weighted by atomic mass is 10.3. The fraction of sp³-hybridized carbons (Fsp3) is 0.875. The van der Waals surface area contributed by atoms with E-state index in [-0.39, 0.29) is 5.91 Å². The molecule has 1 aliphatic carbocycles. The zero-order valence-electron chi connectivity index (χ0n) is 6.84. The lowest BCUT2D eigenvalue weighted by Gasteiger charge is -2.01. The van der Waals surface area contributed by atoms with Gasteiger partial charge in [0.05, 0.1) is 0 Å². The Bertz CT molecular complexity index is 149. The van der Waals surface area contributed by atoms with Gasteiger partial charge in [0, 0.05) is 12.5 Å². The van der Waals surface area contributed by atoms with Crippen LogP contribution in [-0.2, 0) is 4.79 Å². The van der Waals surface area contributed by atoms with E-state index < -0.39 is 0 Å². The van der Waals surface area contributed by atoms with E-state index in [9.17, 15) is 4.79 Å². The highest BCUT2D eigenvalue weighted by Gasteiger charge is 2.33. The smallest absolute Gasteiger partial charge is 0.220 e. The second-order valence-electron chi connectivity index (χ2n) is 3.21. The molecule has 0 aromatic rings. The molecule has 2 unspecified atom stereocenters. The lowest BCUT2D eigenvalue weighted by Crippen LogP contribution is -2.26. The van der Waals surface area contributed by atoms with E-state index in [1.807, 2.05) is 0 Å². The average Bonchev–Trinajstić information content (AvgIpc) is 2.62. The van der Waals surface area contributed by atoms with Gasteiger partial charge >= 0.3 is 0 Å². The van der Waals surface area contributed by atoms with E-state index in [0.717, 1.165) is 18.6 Å². The van der Waals surface area contributed by atoms with Crippen molar-refractivity contribution in [3.05, 3.63) is 0 Å². The van der Waals surface area contributed by atoms with Crippen LogP contribution in [0.4, 0.5) is 0 Å². The van der Waals surface area contributed by atoms with Gasteiger partial charge in [-0.1, -0.05) is 6.92 Å². The molecule has 1 amide bonds. The topological polar surface area (TPSA) is 29.1 Å². The molecule has 3 heteroatoms. The van der Waals surface area contributed by atoms with E-state index in [4.69, 9.17) is 0 Å². The van der Waals surface area contributed by atoms with Gasteiger partial charge in [0.1, 0.15) is 0 Å². The van der Waals surface area contributed by atoms with Crippen molar-refractivity contribution in [2.75, 3.05) is 5.75 Å². The Morgan fingerprint density at radius 2 is 2.36 bits per heavy atom. The molecule has 64 valence electrons. The van der Waals surface area contributed by atoms with Crippen LogP contribution in [0.1, 0.15) is 26.2 Å². The molecule has 0 bridgehead atoms. The number of rotatable bonds is 4. The van der Waals surface area contributed by atoms with Crippen molar-refractivity contribution in [3.63, 3.8) is 0 Å². The van der Waals surface area contributed by atoms with Crippen molar-refractivity contribution in [1.29, 1.82) is 0 Å². The van der Waals surface area contributed by atoms with Crippen molar-refractivity contribution < 1.29 is 4.79 Å². The van der Waals surface area contributed by atoms with E-state index >= 15 is 0 Å². The summed E-state index contributed by atoms with van der Waals surface area (Å²) in [5, 5.41) is 2.97. The van der Waals surface area contributed by atoms with Crippen molar-refractivity contribution in [2.24, 2.45) is 5.92 Å². The third kappa shape index (κ3) is 3.14. The van der Waals surface area contributed by atoms with Crippen LogP contribution >= 0.6 is 12.6 Å². The van der Waals surface area contributed by atoms with Gasteiger partial charge in [0.15, 0.2) is 0 Å². The zero-order chi connectivity index (χ0) is 8.27. The molecule has 2 nitrogen and oxygen atoms in total. The third-order valence-corrected chi connectivity index (χ3v) is 2.33. The Balaban J connectivity index is 2.02. The first-order chi connectivity index (χ1) is 5.24. The van der Waals surface area contributed by atoms with Crippen LogP contribution in [0.3, 0.4) is 0 Å². The predicted molar refractivity (Wildman–Crippen MR) is 48.8 cm³/mol. The van der Waals surface area contributed by atoms with Crippen molar-refractivity contribution >= 4 is 18.5 Å². The highest BCUT2D eigenvalue weighted by atomic mass is 32.1.